The molecule has 0 unspecified atom stereocenters. The number of nitrogens with zero attached hydrogens (tertiary/aromatic N) is 4. The van der Waals surface area contributed by atoms with E-state index in [2.05, 4.69) is 15.3 Å². The molecule has 0 radical (unpaired) electrons. The standard InChI is InChI=1S/C24H31N5O5/c1-15-12-29(24(32)20-11-25-8-9-26-20)16(2)14-34-21-10-18(27-17(3)30)6-7-19(21)23(31)28(4)13-22(15)33-5/h6-11,15-16,22H,12-14H2,1-5H3,(H,27,30)/t15-,16-,22-/m1/s1. The van der Waals surface area contributed by atoms with Crippen molar-refractivity contribution >= 4 is 23.4 Å². The SMILES string of the molecule is CO[C@@H]1CN(C)C(=O)c2ccc(NC(C)=O)cc2OC[C@@H](C)N(C(=O)c2cnccn2)C[C@H]1C. The van der Waals surface area contributed by atoms with Crippen LogP contribution >= 0.6 is 0 Å². The van der Waals surface area contributed by atoms with Crippen molar-refractivity contribution in [2.75, 3.05) is 39.2 Å². The lowest BCUT2D eigenvalue weighted by Crippen LogP contribution is -2.48. The average molecular weight is 470 g/mol. The second-order valence-electron chi connectivity index (χ2n) is 8.54. The van der Waals surface area contributed by atoms with Crippen LogP contribution in [0.4, 0.5) is 5.69 Å². The van der Waals surface area contributed by atoms with E-state index in [1.54, 1.807) is 42.2 Å². The molecular formula is C24H31N5O5. The lowest BCUT2D eigenvalue weighted by Gasteiger charge is -2.35. The molecular weight excluding hydrogens is 438 g/mol. The van der Waals surface area contributed by atoms with Crippen LogP contribution in [-0.4, -0.2) is 83.5 Å². The van der Waals surface area contributed by atoms with Gasteiger partial charge >= 0.3 is 0 Å². The number of methoxy groups -OCH3 is 1. The van der Waals surface area contributed by atoms with Crippen molar-refractivity contribution in [3.05, 3.63) is 48.0 Å². The molecule has 182 valence electrons. The van der Waals surface area contributed by atoms with Gasteiger partial charge in [0.15, 0.2) is 0 Å². The van der Waals surface area contributed by atoms with Gasteiger partial charge in [-0.3, -0.25) is 19.4 Å². The highest BCUT2D eigenvalue weighted by atomic mass is 16.5. The van der Waals surface area contributed by atoms with Crippen molar-refractivity contribution < 1.29 is 23.9 Å². The highest BCUT2D eigenvalue weighted by Crippen LogP contribution is 2.27. The number of benzene rings is 1. The molecule has 0 spiro atoms. The Morgan fingerprint density at radius 1 is 1.21 bits per heavy atom. The van der Waals surface area contributed by atoms with E-state index in [-0.39, 0.29) is 48.1 Å². The smallest absolute Gasteiger partial charge is 0.274 e. The lowest BCUT2D eigenvalue weighted by atomic mass is 10.0. The van der Waals surface area contributed by atoms with E-state index in [0.29, 0.717) is 30.1 Å². The molecule has 0 saturated carbocycles. The summed E-state index contributed by atoms with van der Waals surface area (Å²) in [6, 6.07) is 4.56. The van der Waals surface area contributed by atoms with Crippen LogP contribution < -0.4 is 10.1 Å². The summed E-state index contributed by atoms with van der Waals surface area (Å²) < 4.78 is 11.8. The van der Waals surface area contributed by atoms with Crippen LogP contribution in [0.3, 0.4) is 0 Å². The third kappa shape index (κ3) is 5.88. The van der Waals surface area contributed by atoms with Crippen LogP contribution in [0.1, 0.15) is 41.6 Å². The zero-order valence-corrected chi connectivity index (χ0v) is 20.1. The number of likely N-dealkylation sites (N-methyl/N-ethyl adjacent to an activating group) is 1. The minimum Gasteiger partial charge on any atom is -0.491 e. The Labute approximate surface area is 199 Å². The molecule has 0 fully saturated rings. The Balaban J connectivity index is 2.00. The zero-order chi connectivity index (χ0) is 24.8. The summed E-state index contributed by atoms with van der Waals surface area (Å²) in [6.07, 6.45) is 4.12. The molecule has 3 rings (SSSR count). The predicted octanol–water partition coefficient (Wildman–Crippen LogP) is 2.08. The molecule has 34 heavy (non-hydrogen) atoms. The Morgan fingerprint density at radius 2 is 1.97 bits per heavy atom. The van der Waals surface area contributed by atoms with Crippen molar-refractivity contribution in [1.82, 2.24) is 19.8 Å². The molecule has 0 saturated heterocycles. The molecule has 3 amide bonds. The first-order valence-electron chi connectivity index (χ1n) is 11.1. The molecule has 10 heteroatoms. The maximum Gasteiger partial charge on any atom is 0.274 e. The number of ether oxygens (including phenoxy) is 2. The maximum absolute atomic E-state index is 13.3. The van der Waals surface area contributed by atoms with Crippen LogP contribution in [0.25, 0.3) is 0 Å². The van der Waals surface area contributed by atoms with Gasteiger partial charge in [-0.05, 0) is 19.1 Å². The number of rotatable bonds is 3. The fourth-order valence-corrected chi connectivity index (χ4v) is 3.89. The number of amides is 3. The molecule has 1 N–H and O–H groups in total. The zero-order valence-electron chi connectivity index (χ0n) is 20.1. The van der Waals surface area contributed by atoms with E-state index < -0.39 is 0 Å². The van der Waals surface area contributed by atoms with Crippen molar-refractivity contribution in [2.45, 2.75) is 32.9 Å². The van der Waals surface area contributed by atoms with E-state index >= 15 is 0 Å². The minimum atomic E-state index is -0.348. The van der Waals surface area contributed by atoms with E-state index in [0.717, 1.165) is 0 Å². The summed E-state index contributed by atoms with van der Waals surface area (Å²) in [5.41, 5.74) is 1.11. The van der Waals surface area contributed by atoms with E-state index in [1.165, 1.54) is 25.5 Å². The van der Waals surface area contributed by atoms with Crippen molar-refractivity contribution in [1.29, 1.82) is 0 Å². The van der Waals surface area contributed by atoms with Crippen LogP contribution in [0.15, 0.2) is 36.8 Å². The van der Waals surface area contributed by atoms with Crippen molar-refractivity contribution in [2.24, 2.45) is 5.92 Å². The molecule has 0 bridgehead atoms. The number of carbonyl (C=O) groups excluding carboxylic acids is 3. The van der Waals surface area contributed by atoms with E-state index in [9.17, 15) is 14.4 Å². The van der Waals surface area contributed by atoms with Gasteiger partial charge in [-0.25, -0.2) is 4.98 Å². The predicted molar refractivity (Wildman–Crippen MR) is 126 cm³/mol. The summed E-state index contributed by atoms with van der Waals surface area (Å²) in [6.45, 7) is 6.09. The summed E-state index contributed by atoms with van der Waals surface area (Å²) >= 11 is 0. The number of nitrogens with one attached hydrogen (secondary N) is 1. The highest BCUT2D eigenvalue weighted by molar-refractivity contribution is 5.98. The molecule has 2 heterocycles. The van der Waals surface area contributed by atoms with Gasteiger partial charge in [0, 0.05) is 64.2 Å². The topological polar surface area (TPSA) is 114 Å². The van der Waals surface area contributed by atoms with Crippen LogP contribution in [-0.2, 0) is 9.53 Å². The molecule has 1 aromatic heterocycles. The molecule has 10 nitrogen and oxygen atoms in total. The molecule has 1 aliphatic heterocycles. The summed E-state index contributed by atoms with van der Waals surface area (Å²) in [5, 5.41) is 2.71. The van der Waals surface area contributed by atoms with Crippen LogP contribution in [0.2, 0.25) is 0 Å². The number of carbonyl (C=O) groups is 3. The number of fused-ring (bicyclic) bond motifs is 1. The largest absolute Gasteiger partial charge is 0.491 e. The van der Waals surface area contributed by atoms with Crippen LogP contribution in [0, 0.1) is 5.92 Å². The van der Waals surface area contributed by atoms with E-state index in [1.807, 2.05) is 13.8 Å². The summed E-state index contributed by atoms with van der Waals surface area (Å²) in [7, 11) is 3.30. The number of hydrogen-bond donors (Lipinski definition) is 1. The van der Waals surface area contributed by atoms with Gasteiger partial charge in [0.05, 0.1) is 23.9 Å². The third-order valence-electron chi connectivity index (χ3n) is 5.81. The monoisotopic (exact) mass is 469 g/mol. The molecule has 3 atom stereocenters. The first-order chi connectivity index (χ1) is 16.2. The second kappa shape index (κ2) is 11.1. The van der Waals surface area contributed by atoms with Gasteiger partial charge in [0.2, 0.25) is 5.91 Å². The highest BCUT2D eigenvalue weighted by Gasteiger charge is 2.31. The van der Waals surface area contributed by atoms with Gasteiger partial charge in [0.1, 0.15) is 18.1 Å². The number of hydrogen-bond acceptors (Lipinski definition) is 7. The Kier molecular flexibility index (Phi) is 8.17. The molecule has 1 aliphatic rings. The first-order valence-corrected chi connectivity index (χ1v) is 11.1. The second-order valence-corrected chi connectivity index (χ2v) is 8.54. The van der Waals surface area contributed by atoms with Crippen LogP contribution in [0.5, 0.6) is 5.75 Å². The summed E-state index contributed by atoms with van der Waals surface area (Å²) in [5.74, 6) is -0.477. The summed E-state index contributed by atoms with van der Waals surface area (Å²) in [4.78, 5) is 49.5. The fourth-order valence-electron chi connectivity index (χ4n) is 3.89. The van der Waals surface area contributed by atoms with Gasteiger partial charge in [-0.1, -0.05) is 6.92 Å². The molecule has 2 aromatic rings. The van der Waals surface area contributed by atoms with Gasteiger partial charge in [0.25, 0.3) is 11.8 Å². The Morgan fingerprint density at radius 3 is 2.62 bits per heavy atom. The Bertz CT molecular complexity index is 1030. The quantitative estimate of drug-likeness (QED) is 0.732. The van der Waals surface area contributed by atoms with Crippen molar-refractivity contribution in [3.8, 4) is 5.75 Å². The average Bonchev–Trinajstić information content (AvgIpc) is 2.82. The maximum atomic E-state index is 13.3. The normalized spacial score (nSPS) is 21.6. The molecule has 1 aromatic carbocycles. The number of aromatic nitrogens is 2. The van der Waals surface area contributed by atoms with Gasteiger partial charge in [-0.2, -0.15) is 0 Å². The minimum absolute atomic E-state index is 0.0793. The number of anilines is 1. The first kappa shape index (κ1) is 25.1. The third-order valence-corrected chi connectivity index (χ3v) is 5.81. The lowest BCUT2D eigenvalue weighted by molar-refractivity contribution is -0.114. The van der Waals surface area contributed by atoms with Gasteiger partial charge < -0.3 is 24.6 Å². The van der Waals surface area contributed by atoms with Gasteiger partial charge in [-0.15, -0.1) is 0 Å². The van der Waals surface area contributed by atoms with Crippen molar-refractivity contribution in [3.63, 3.8) is 0 Å². The fraction of sp³-hybridized carbons (Fsp3) is 0.458. The van der Waals surface area contributed by atoms with E-state index in [4.69, 9.17) is 9.47 Å². The Hall–Kier alpha value is -3.53. The molecule has 0 aliphatic carbocycles.